The Hall–Kier alpha value is -0.580. The van der Waals surface area contributed by atoms with E-state index in [1.54, 1.807) is 0 Å². The van der Waals surface area contributed by atoms with E-state index >= 15 is 0 Å². The van der Waals surface area contributed by atoms with E-state index in [0.29, 0.717) is 12.6 Å². The summed E-state index contributed by atoms with van der Waals surface area (Å²) in [5.74, 6) is 0. The maximum atomic E-state index is 5.94. The molecule has 1 aromatic carbocycles. The van der Waals surface area contributed by atoms with Crippen molar-refractivity contribution in [2.75, 3.05) is 31.6 Å². The van der Waals surface area contributed by atoms with E-state index in [1.807, 2.05) is 0 Å². The van der Waals surface area contributed by atoms with Crippen LogP contribution in [0.15, 0.2) is 22.7 Å². The fourth-order valence-corrected chi connectivity index (χ4v) is 3.45. The van der Waals surface area contributed by atoms with Gasteiger partial charge in [0.15, 0.2) is 0 Å². The van der Waals surface area contributed by atoms with Gasteiger partial charge in [0.25, 0.3) is 0 Å². The van der Waals surface area contributed by atoms with E-state index in [1.165, 1.54) is 30.6 Å². The fraction of sp³-hybridized carbons (Fsp3) is 0.600. The molecule has 1 aliphatic heterocycles. The van der Waals surface area contributed by atoms with Crippen LogP contribution >= 0.6 is 15.9 Å². The first-order chi connectivity index (χ1) is 9.17. The molecule has 19 heavy (non-hydrogen) atoms. The molecule has 2 rings (SSSR count). The van der Waals surface area contributed by atoms with Gasteiger partial charge in [-0.15, -0.1) is 0 Å². The van der Waals surface area contributed by atoms with E-state index in [9.17, 15) is 0 Å². The van der Waals surface area contributed by atoms with Gasteiger partial charge in [-0.1, -0.05) is 28.9 Å². The second kappa shape index (κ2) is 6.73. The third-order valence-electron chi connectivity index (χ3n) is 3.98. The van der Waals surface area contributed by atoms with Gasteiger partial charge >= 0.3 is 0 Å². The summed E-state index contributed by atoms with van der Waals surface area (Å²) in [5.41, 5.74) is 8.48. The quantitative estimate of drug-likeness (QED) is 0.927. The minimum absolute atomic E-state index is 0.576. The molecule has 1 fully saturated rings. The average molecular weight is 326 g/mol. The number of nitrogens with two attached hydrogens (primary N) is 1. The number of hydrogen-bond acceptors (Lipinski definition) is 3. The van der Waals surface area contributed by atoms with Crippen molar-refractivity contribution in [2.45, 2.75) is 32.4 Å². The highest BCUT2D eigenvalue weighted by molar-refractivity contribution is 9.10. The van der Waals surface area contributed by atoms with Crippen molar-refractivity contribution in [1.29, 1.82) is 0 Å². The summed E-state index contributed by atoms with van der Waals surface area (Å²) in [5, 5.41) is 0. The smallest absolute Gasteiger partial charge is 0.0426 e. The molecule has 1 atom stereocenters. The molecular formula is C15H24BrN3. The van der Waals surface area contributed by atoms with Crippen molar-refractivity contribution in [3.63, 3.8) is 0 Å². The molecule has 0 aromatic heterocycles. The Kier molecular flexibility index (Phi) is 5.25. The minimum atomic E-state index is 0.576. The second-order valence-electron chi connectivity index (χ2n) is 5.31. The minimum Gasteiger partial charge on any atom is -0.367 e. The Labute approximate surface area is 124 Å². The molecule has 0 radical (unpaired) electrons. The van der Waals surface area contributed by atoms with Gasteiger partial charge in [-0.25, -0.2) is 0 Å². The molecule has 1 unspecified atom stereocenters. The summed E-state index contributed by atoms with van der Waals surface area (Å²) < 4.78 is 1.12. The Morgan fingerprint density at radius 3 is 2.84 bits per heavy atom. The third kappa shape index (κ3) is 3.30. The van der Waals surface area contributed by atoms with Gasteiger partial charge in [0.05, 0.1) is 0 Å². The predicted molar refractivity (Wildman–Crippen MR) is 85.6 cm³/mol. The lowest BCUT2D eigenvalue weighted by Crippen LogP contribution is -2.40. The van der Waals surface area contributed by atoms with Gasteiger partial charge < -0.3 is 15.5 Å². The number of nitrogens with zero attached hydrogens (tertiary/aromatic N) is 2. The largest absolute Gasteiger partial charge is 0.367 e. The van der Waals surface area contributed by atoms with Crippen LogP contribution in [0.4, 0.5) is 5.69 Å². The monoisotopic (exact) mass is 325 g/mol. The number of benzene rings is 1. The van der Waals surface area contributed by atoms with Gasteiger partial charge in [0.1, 0.15) is 0 Å². The molecule has 3 nitrogen and oxygen atoms in total. The molecule has 1 saturated heterocycles. The second-order valence-corrected chi connectivity index (χ2v) is 6.17. The third-order valence-corrected chi connectivity index (χ3v) is 4.72. The first-order valence-corrected chi connectivity index (χ1v) is 7.89. The summed E-state index contributed by atoms with van der Waals surface area (Å²) in [6.45, 7) is 6.29. The molecule has 0 spiro atoms. The van der Waals surface area contributed by atoms with Gasteiger partial charge in [-0.2, -0.15) is 0 Å². The van der Waals surface area contributed by atoms with Crippen LogP contribution in [0, 0.1) is 0 Å². The zero-order valence-corrected chi connectivity index (χ0v) is 13.5. The summed E-state index contributed by atoms with van der Waals surface area (Å²) in [4.78, 5) is 4.99. The maximum absolute atomic E-state index is 5.94. The first kappa shape index (κ1) is 14.8. The van der Waals surface area contributed by atoms with Gasteiger partial charge in [0.2, 0.25) is 0 Å². The van der Waals surface area contributed by atoms with E-state index in [2.05, 4.69) is 57.9 Å². The zero-order chi connectivity index (χ0) is 13.8. The molecule has 0 aliphatic carbocycles. The molecule has 1 heterocycles. The van der Waals surface area contributed by atoms with Gasteiger partial charge in [-0.05, 0) is 38.6 Å². The number of anilines is 1. The summed E-state index contributed by atoms with van der Waals surface area (Å²) in [6.07, 6.45) is 2.38. The van der Waals surface area contributed by atoms with Crippen LogP contribution in [0.25, 0.3) is 0 Å². The molecule has 0 bridgehead atoms. The lowest BCUT2D eigenvalue weighted by Gasteiger charge is -2.34. The molecule has 0 saturated carbocycles. The van der Waals surface area contributed by atoms with E-state index < -0.39 is 0 Å². The lowest BCUT2D eigenvalue weighted by molar-refractivity contribution is 0.328. The van der Waals surface area contributed by atoms with Crippen LogP contribution in [0.3, 0.4) is 0 Å². The van der Waals surface area contributed by atoms with Gasteiger partial charge in [0, 0.05) is 41.4 Å². The SMILES string of the molecule is CCC1CN(C)CCCN1c1cccc(Br)c1CN. The van der Waals surface area contributed by atoms with Crippen molar-refractivity contribution in [3.05, 3.63) is 28.2 Å². The normalized spacial score (nSPS) is 21.5. The van der Waals surface area contributed by atoms with E-state index in [0.717, 1.165) is 17.6 Å². The van der Waals surface area contributed by atoms with Crippen LogP contribution in [0.1, 0.15) is 25.3 Å². The van der Waals surface area contributed by atoms with Gasteiger partial charge in [-0.3, -0.25) is 0 Å². The van der Waals surface area contributed by atoms with E-state index in [-0.39, 0.29) is 0 Å². The summed E-state index contributed by atoms with van der Waals surface area (Å²) >= 11 is 3.63. The molecule has 0 amide bonds. The van der Waals surface area contributed by atoms with Crippen LogP contribution in [0.2, 0.25) is 0 Å². The van der Waals surface area contributed by atoms with Crippen LogP contribution in [-0.2, 0) is 6.54 Å². The van der Waals surface area contributed by atoms with E-state index in [4.69, 9.17) is 5.73 Å². The molecule has 1 aromatic rings. The topological polar surface area (TPSA) is 32.5 Å². The van der Waals surface area contributed by atoms with Crippen LogP contribution < -0.4 is 10.6 Å². The Bertz CT molecular complexity index is 422. The number of likely N-dealkylation sites (N-methyl/N-ethyl adjacent to an activating group) is 1. The molecule has 1 aliphatic rings. The van der Waals surface area contributed by atoms with Crippen molar-refractivity contribution >= 4 is 21.6 Å². The van der Waals surface area contributed by atoms with Crippen molar-refractivity contribution in [2.24, 2.45) is 5.73 Å². The Balaban J connectivity index is 2.35. The highest BCUT2D eigenvalue weighted by Gasteiger charge is 2.24. The summed E-state index contributed by atoms with van der Waals surface area (Å²) in [6, 6.07) is 6.98. The standard InChI is InChI=1S/C15H24BrN3/c1-3-12-11-18(2)8-5-9-19(12)15-7-4-6-14(16)13(15)10-17/h4,6-7,12H,3,5,8-11,17H2,1-2H3. The van der Waals surface area contributed by atoms with Crippen molar-refractivity contribution in [1.82, 2.24) is 4.90 Å². The Morgan fingerprint density at radius 2 is 2.16 bits per heavy atom. The Morgan fingerprint density at radius 1 is 1.37 bits per heavy atom. The van der Waals surface area contributed by atoms with Crippen molar-refractivity contribution < 1.29 is 0 Å². The maximum Gasteiger partial charge on any atom is 0.0426 e. The molecule has 4 heteroatoms. The first-order valence-electron chi connectivity index (χ1n) is 7.10. The van der Waals surface area contributed by atoms with Crippen LogP contribution in [-0.4, -0.2) is 37.6 Å². The lowest BCUT2D eigenvalue weighted by atomic mass is 10.1. The summed E-state index contributed by atoms with van der Waals surface area (Å²) in [7, 11) is 2.22. The number of halogens is 1. The average Bonchev–Trinajstić information content (AvgIpc) is 2.59. The zero-order valence-electron chi connectivity index (χ0n) is 11.9. The number of hydrogen-bond donors (Lipinski definition) is 1. The fourth-order valence-electron chi connectivity index (χ4n) is 2.93. The highest BCUT2D eigenvalue weighted by Crippen LogP contribution is 2.30. The highest BCUT2D eigenvalue weighted by atomic mass is 79.9. The van der Waals surface area contributed by atoms with Crippen molar-refractivity contribution in [3.8, 4) is 0 Å². The molecule has 2 N–H and O–H groups in total. The van der Waals surface area contributed by atoms with Crippen LogP contribution in [0.5, 0.6) is 0 Å². The molecule has 106 valence electrons. The number of rotatable bonds is 3. The predicted octanol–water partition coefficient (Wildman–Crippen LogP) is 2.83. The molecular weight excluding hydrogens is 302 g/mol.